The van der Waals surface area contributed by atoms with Crippen molar-refractivity contribution < 1.29 is 9.13 Å². The van der Waals surface area contributed by atoms with Gasteiger partial charge in [0.25, 0.3) is 0 Å². The van der Waals surface area contributed by atoms with Crippen molar-refractivity contribution >= 4 is 39.0 Å². The van der Waals surface area contributed by atoms with Gasteiger partial charge < -0.3 is 21.1 Å². The molecule has 0 amide bonds. The molecule has 0 saturated carbocycles. The number of nitrogens with two attached hydrogens (primary N) is 2. The Bertz CT molecular complexity index is 1740. The molecular weight excluding hydrogens is 555 g/mol. The van der Waals surface area contributed by atoms with Crippen LogP contribution in [0.25, 0.3) is 11.0 Å². The van der Waals surface area contributed by atoms with Crippen LogP contribution in [0.4, 0.5) is 21.0 Å². The largest absolute Gasteiger partial charge is 0.461 e. The zero-order chi connectivity index (χ0) is 28.6. The van der Waals surface area contributed by atoms with Crippen molar-refractivity contribution in [3.63, 3.8) is 0 Å². The molecule has 3 fully saturated rings. The summed E-state index contributed by atoms with van der Waals surface area (Å²) in [6.45, 7) is 3.48. The number of nitriles is 1. The summed E-state index contributed by atoms with van der Waals surface area (Å²) in [5, 5.41) is 15.8. The molecule has 4 aromatic heterocycles. The molecule has 0 aromatic carbocycles. The SMILES string of the molecule is N#Cc1c(N)sc2c1C1(CC2)CN(c2nc(OC[C@@]34CCCN3C[C@H](F)C4)nc3c2c(N)nn3Cc2cccnc2)C1. The first-order valence-corrected chi connectivity index (χ1v) is 15.2. The highest BCUT2D eigenvalue weighted by atomic mass is 32.1. The molecule has 11 nitrogen and oxygen atoms in total. The second-order valence-electron chi connectivity index (χ2n) is 12.2. The van der Waals surface area contributed by atoms with Gasteiger partial charge in [-0.3, -0.25) is 9.88 Å². The smallest absolute Gasteiger partial charge is 0.320 e. The highest BCUT2D eigenvalue weighted by Gasteiger charge is 2.52. The molecule has 3 saturated heterocycles. The van der Waals surface area contributed by atoms with Crippen molar-refractivity contribution in [2.45, 2.75) is 55.8 Å². The number of aromatic nitrogens is 5. The highest BCUT2D eigenvalue weighted by Crippen LogP contribution is 2.53. The maximum Gasteiger partial charge on any atom is 0.320 e. The van der Waals surface area contributed by atoms with E-state index in [1.807, 2.05) is 12.1 Å². The molecule has 4 N–H and O–H groups in total. The number of nitrogens with zero attached hydrogens (tertiary/aromatic N) is 8. The minimum Gasteiger partial charge on any atom is -0.461 e. The van der Waals surface area contributed by atoms with E-state index in [0.717, 1.165) is 43.4 Å². The number of hydrogen-bond acceptors (Lipinski definition) is 11. The summed E-state index contributed by atoms with van der Waals surface area (Å²) in [5.74, 6) is 1.01. The lowest BCUT2D eigenvalue weighted by molar-refractivity contribution is 0.107. The van der Waals surface area contributed by atoms with Crippen molar-refractivity contribution in [3.05, 3.63) is 46.1 Å². The minimum atomic E-state index is -0.841. The first kappa shape index (κ1) is 25.7. The van der Waals surface area contributed by atoms with E-state index in [2.05, 4.69) is 26.0 Å². The lowest BCUT2D eigenvalue weighted by Crippen LogP contribution is -2.59. The molecule has 8 rings (SSSR count). The predicted octanol–water partition coefficient (Wildman–Crippen LogP) is 3.03. The van der Waals surface area contributed by atoms with E-state index in [1.165, 1.54) is 16.2 Å². The Kier molecular flexibility index (Phi) is 5.65. The molecule has 7 heterocycles. The van der Waals surface area contributed by atoms with Crippen molar-refractivity contribution in [3.8, 4) is 12.1 Å². The van der Waals surface area contributed by atoms with Crippen molar-refractivity contribution in [1.82, 2.24) is 29.6 Å². The van der Waals surface area contributed by atoms with Crippen LogP contribution in [0.1, 0.15) is 47.3 Å². The molecule has 1 aliphatic carbocycles. The number of fused-ring (bicyclic) bond motifs is 4. The number of anilines is 3. The molecule has 0 bridgehead atoms. The molecule has 1 spiro atoms. The van der Waals surface area contributed by atoms with Gasteiger partial charge >= 0.3 is 6.01 Å². The zero-order valence-corrected chi connectivity index (χ0v) is 23.9. The van der Waals surface area contributed by atoms with Crippen LogP contribution < -0.4 is 21.1 Å². The van der Waals surface area contributed by atoms with E-state index in [0.29, 0.717) is 72.4 Å². The number of nitrogen functional groups attached to an aromatic ring is 2. The molecule has 42 heavy (non-hydrogen) atoms. The monoisotopic (exact) mass is 586 g/mol. The Morgan fingerprint density at radius 2 is 2.12 bits per heavy atom. The van der Waals surface area contributed by atoms with Crippen LogP contribution in [0.2, 0.25) is 0 Å². The van der Waals surface area contributed by atoms with Crippen LogP contribution in [0, 0.1) is 11.3 Å². The molecule has 13 heteroatoms. The van der Waals surface area contributed by atoms with Crippen molar-refractivity contribution in [2.75, 3.05) is 49.2 Å². The molecule has 4 aliphatic rings. The predicted molar refractivity (Wildman–Crippen MR) is 157 cm³/mol. The number of aryl methyl sites for hydroxylation is 1. The van der Waals surface area contributed by atoms with Crippen LogP contribution in [0.5, 0.6) is 6.01 Å². The first-order valence-electron chi connectivity index (χ1n) is 14.4. The Morgan fingerprint density at radius 3 is 2.93 bits per heavy atom. The van der Waals surface area contributed by atoms with E-state index in [1.54, 1.807) is 17.1 Å². The summed E-state index contributed by atoms with van der Waals surface area (Å²) < 4.78 is 22.5. The fourth-order valence-corrected chi connectivity index (χ4v) is 8.89. The number of ether oxygens (including phenoxy) is 1. The summed E-state index contributed by atoms with van der Waals surface area (Å²) in [6, 6.07) is 6.44. The standard InChI is InChI=1S/C29H31FN10OS/c30-18-9-29(5-2-8-39(29)13-18)16-41-27-35-25(21-23(32)37-40(26(21)36-27)12-17-3-1-7-34-11-17)38-14-28(15-38)6-4-20-22(28)19(10-31)24(33)42-20/h1,3,7,11,18H,2,4-6,8-9,12-16,33H2,(H2,32,37)/t18-,29+/m1/s1. The van der Waals surface area contributed by atoms with Gasteiger partial charge in [-0.25, -0.2) is 9.07 Å². The van der Waals surface area contributed by atoms with Gasteiger partial charge in [0, 0.05) is 48.7 Å². The van der Waals surface area contributed by atoms with Gasteiger partial charge in [-0.1, -0.05) is 6.07 Å². The third-order valence-electron chi connectivity index (χ3n) is 9.63. The molecule has 4 aromatic rings. The highest BCUT2D eigenvalue weighted by molar-refractivity contribution is 7.16. The summed E-state index contributed by atoms with van der Waals surface area (Å²) in [5.41, 5.74) is 15.5. The Labute approximate surface area is 245 Å². The van der Waals surface area contributed by atoms with Gasteiger partial charge in [-0.2, -0.15) is 20.3 Å². The number of pyridine rings is 1. The second kappa shape index (κ2) is 9.24. The Morgan fingerprint density at radius 1 is 1.24 bits per heavy atom. The van der Waals surface area contributed by atoms with Gasteiger partial charge in [-0.05, 0) is 49.4 Å². The number of thiophene rings is 1. The van der Waals surface area contributed by atoms with Crippen LogP contribution >= 0.6 is 11.3 Å². The van der Waals surface area contributed by atoms with Crippen LogP contribution in [-0.2, 0) is 18.4 Å². The normalized spacial score (nSPS) is 24.2. The number of halogens is 1. The lowest BCUT2D eigenvalue weighted by atomic mass is 9.74. The number of alkyl halides is 1. The minimum absolute atomic E-state index is 0.142. The number of rotatable bonds is 6. The summed E-state index contributed by atoms with van der Waals surface area (Å²) in [4.78, 5) is 19.6. The molecule has 0 radical (unpaired) electrons. The number of hydrogen-bond donors (Lipinski definition) is 2. The zero-order valence-electron chi connectivity index (χ0n) is 23.1. The van der Waals surface area contributed by atoms with Gasteiger partial charge in [0.15, 0.2) is 11.5 Å². The summed E-state index contributed by atoms with van der Waals surface area (Å²) in [7, 11) is 0. The van der Waals surface area contributed by atoms with Crippen molar-refractivity contribution in [2.24, 2.45) is 0 Å². The quantitative estimate of drug-likeness (QED) is 0.345. The maximum absolute atomic E-state index is 14.4. The molecule has 3 aliphatic heterocycles. The molecule has 0 unspecified atom stereocenters. The first-order chi connectivity index (χ1) is 20.4. The third-order valence-corrected chi connectivity index (χ3v) is 10.7. The molecular formula is C29H31FN10OS. The fraction of sp³-hybridized carbons (Fsp3) is 0.483. The molecule has 2 atom stereocenters. The fourth-order valence-electron chi connectivity index (χ4n) is 7.75. The average molecular weight is 587 g/mol. The van der Waals surface area contributed by atoms with Gasteiger partial charge in [-0.15, -0.1) is 11.3 Å². The van der Waals surface area contributed by atoms with E-state index in [-0.39, 0.29) is 17.0 Å². The lowest BCUT2D eigenvalue weighted by Gasteiger charge is -2.49. The van der Waals surface area contributed by atoms with E-state index in [4.69, 9.17) is 26.2 Å². The Hall–Kier alpha value is -4.02. The van der Waals surface area contributed by atoms with Gasteiger partial charge in [0.05, 0.1) is 17.6 Å². The second-order valence-corrected chi connectivity index (χ2v) is 13.3. The van der Waals surface area contributed by atoms with Gasteiger partial charge in [0.2, 0.25) is 0 Å². The van der Waals surface area contributed by atoms with Crippen molar-refractivity contribution in [1.29, 1.82) is 5.26 Å². The van der Waals surface area contributed by atoms with E-state index in [9.17, 15) is 9.65 Å². The van der Waals surface area contributed by atoms with Crippen LogP contribution in [-0.4, -0.2) is 74.1 Å². The van der Waals surface area contributed by atoms with Crippen LogP contribution in [0.15, 0.2) is 24.5 Å². The third kappa shape index (κ3) is 3.78. The average Bonchev–Trinajstić information content (AvgIpc) is 3.73. The van der Waals surface area contributed by atoms with Crippen LogP contribution in [0.3, 0.4) is 0 Å². The maximum atomic E-state index is 14.4. The van der Waals surface area contributed by atoms with E-state index >= 15 is 0 Å². The summed E-state index contributed by atoms with van der Waals surface area (Å²) in [6.07, 6.45) is 6.97. The Balaban J connectivity index is 1.16. The topological polar surface area (TPSA) is 148 Å². The summed E-state index contributed by atoms with van der Waals surface area (Å²) >= 11 is 1.54. The molecule has 216 valence electrons. The van der Waals surface area contributed by atoms with Gasteiger partial charge in [0.1, 0.15) is 35.1 Å². The van der Waals surface area contributed by atoms with E-state index < -0.39 is 6.17 Å².